The van der Waals surface area contributed by atoms with Crippen molar-refractivity contribution in [2.24, 2.45) is 5.73 Å². The molecule has 5 saturated heterocycles. The quantitative estimate of drug-likeness (QED) is 0.0370. The Bertz CT molecular complexity index is 1830. The Hall–Kier alpha value is -3.57. The molecule has 0 bridgehead atoms. The maximum Gasteiger partial charge on any atom is 0.264 e. The van der Waals surface area contributed by atoms with E-state index in [9.17, 15) is 45.0 Å². The summed E-state index contributed by atoms with van der Waals surface area (Å²) in [4.78, 5) is 40.4. The largest absolute Gasteiger partial charge is 0.507 e. The number of carbonyl (C=O) groups is 3. The van der Waals surface area contributed by atoms with Gasteiger partial charge in [-0.15, -0.1) is 11.6 Å². The third-order valence-electron chi connectivity index (χ3n) is 10.6. The zero-order valence-corrected chi connectivity index (χ0v) is 35.6. The highest BCUT2D eigenvalue weighted by molar-refractivity contribution is 6.31. The van der Waals surface area contributed by atoms with Crippen molar-refractivity contribution in [1.82, 2.24) is 4.90 Å². The summed E-state index contributed by atoms with van der Waals surface area (Å²) in [5.74, 6) is -3.84. The van der Waals surface area contributed by atoms with Crippen LogP contribution in [0.25, 0.3) is 0 Å². The number of amides is 2. The van der Waals surface area contributed by atoms with Crippen LogP contribution in [0.3, 0.4) is 0 Å². The second-order valence-corrected chi connectivity index (χ2v) is 16.1. The van der Waals surface area contributed by atoms with E-state index < -0.39 is 128 Å². The Labute approximate surface area is 368 Å². The van der Waals surface area contributed by atoms with E-state index in [-0.39, 0.29) is 17.6 Å². The number of primary amides is 1. The number of Topliss-reactive ketones (excluding diaryl/α,β-unsaturated/α-hetero) is 1. The zero-order chi connectivity index (χ0) is 45.2. The first kappa shape index (κ1) is 49.4. The van der Waals surface area contributed by atoms with Gasteiger partial charge < -0.3 is 69.5 Å². The molecule has 2 amide bonds. The van der Waals surface area contributed by atoms with Gasteiger partial charge in [-0.25, -0.2) is 0 Å². The lowest BCUT2D eigenvalue weighted by atomic mass is 10.0. The molecular formula is C42H54Cl2N2O16. The van der Waals surface area contributed by atoms with E-state index in [1.54, 1.807) is 55.5 Å². The number of hydrogen-bond donors (Lipinski definition) is 7. The van der Waals surface area contributed by atoms with Crippen LogP contribution in [-0.4, -0.2) is 171 Å². The van der Waals surface area contributed by atoms with Crippen LogP contribution in [-0.2, 0) is 47.5 Å². The van der Waals surface area contributed by atoms with Gasteiger partial charge in [0.05, 0.1) is 43.3 Å². The molecule has 0 aliphatic carbocycles. The summed E-state index contributed by atoms with van der Waals surface area (Å²) in [6.45, 7) is 2.61. The summed E-state index contributed by atoms with van der Waals surface area (Å²) in [5, 5.41) is 65.2. The number of aliphatic hydroxyl groups excluding tert-OH is 6. The minimum atomic E-state index is -1.86. The highest BCUT2D eigenvalue weighted by atomic mass is 35.5. The highest BCUT2D eigenvalue weighted by Gasteiger charge is 2.56. The van der Waals surface area contributed by atoms with Gasteiger partial charge in [0.25, 0.3) is 5.91 Å². The van der Waals surface area contributed by atoms with Crippen molar-refractivity contribution in [3.05, 3.63) is 95.4 Å². The molecule has 5 rings (SSSR count). The summed E-state index contributed by atoms with van der Waals surface area (Å²) in [6, 6.07) is -1.63. The van der Waals surface area contributed by atoms with Crippen LogP contribution in [0, 0.1) is 0 Å². The molecule has 8 N–H and O–H groups in total. The van der Waals surface area contributed by atoms with Crippen molar-refractivity contribution in [3.63, 3.8) is 0 Å². The molecule has 5 heterocycles. The summed E-state index contributed by atoms with van der Waals surface area (Å²) in [6.07, 6.45) is 4.23. The lowest BCUT2D eigenvalue weighted by Gasteiger charge is -2.46. The molecule has 0 unspecified atom stereocenters. The zero-order valence-electron chi connectivity index (χ0n) is 34.1. The maximum absolute atomic E-state index is 13.9. The molecule has 62 heavy (non-hydrogen) atoms. The number of carbonyl (C=O) groups excluding carboxylic acids is 3. The summed E-state index contributed by atoms with van der Waals surface area (Å²) in [7, 11) is 1.34. The van der Waals surface area contributed by atoms with E-state index >= 15 is 0 Å². The van der Waals surface area contributed by atoms with Gasteiger partial charge in [-0.2, -0.15) is 0 Å². The molecule has 16 atom stereocenters. The number of methoxy groups -OCH3 is 1. The SMILES string of the molecule is CO[C@@H]1[C@H](O[C@@H]2CO[C@@H](O[C@@H]3[C@@H](O)[C@H](O)CO[C@H]3N3C(=O)/C(=C(O)/C=C/C=C/C=C/C=C/C=C(Cl)/C=C/C=C/[C@@H]4O[C@H](C)C[C@@H]4Cl)C(=O)[C@@H]3CC(N)=O)[C@@H](O)[C@@H]2O)O[C@H](C)[C@H]1O. The van der Waals surface area contributed by atoms with E-state index in [1.807, 2.05) is 19.1 Å². The Morgan fingerprint density at radius 2 is 1.52 bits per heavy atom. The second kappa shape index (κ2) is 22.9. The van der Waals surface area contributed by atoms with E-state index in [4.69, 9.17) is 62.1 Å². The number of hydrogen-bond acceptors (Lipinski definition) is 16. The number of nitrogens with zero attached hydrogens (tertiary/aromatic N) is 1. The third-order valence-corrected chi connectivity index (χ3v) is 11.3. The number of nitrogens with two attached hydrogens (primary N) is 1. The average Bonchev–Trinajstić information content (AvgIpc) is 3.79. The van der Waals surface area contributed by atoms with Crippen LogP contribution in [0.1, 0.15) is 26.7 Å². The van der Waals surface area contributed by atoms with Crippen molar-refractivity contribution in [1.29, 1.82) is 0 Å². The number of halogens is 2. The molecule has 18 nitrogen and oxygen atoms in total. The summed E-state index contributed by atoms with van der Waals surface area (Å²) in [5.41, 5.74) is 4.72. The fourth-order valence-electron chi connectivity index (χ4n) is 7.34. The van der Waals surface area contributed by atoms with Crippen molar-refractivity contribution >= 4 is 40.8 Å². The molecule has 0 saturated carbocycles. The van der Waals surface area contributed by atoms with Crippen LogP contribution in [0.15, 0.2) is 95.4 Å². The number of alkyl halides is 1. The molecule has 5 fully saturated rings. The molecule has 20 heteroatoms. The van der Waals surface area contributed by atoms with E-state index in [1.165, 1.54) is 19.3 Å². The Balaban J connectivity index is 1.22. The van der Waals surface area contributed by atoms with Gasteiger partial charge in [0.15, 0.2) is 24.6 Å². The Morgan fingerprint density at radius 1 is 0.839 bits per heavy atom. The number of rotatable bonds is 16. The second-order valence-electron chi connectivity index (χ2n) is 15.1. The Morgan fingerprint density at radius 3 is 2.18 bits per heavy atom. The first-order valence-corrected chi connectivity index (χ1v) is 20.7. The molecule has 0 aromatic carbocycles. The van der Waals surface area contributed by atoms with Crippen molar-refractivity contribution < 1.29 is 78.2 Å². The summed E-state index contributed by atoms with van der Waals surface area (Å²) >= 11 is 12.5. The van der Waals surface area contributed by atoms with E-state index in [0.29, 0.717) is 5.03 Å². The molecule has 342 valence electrons. The molecule has 0 aromatic rings. The lowest BCUT2D eigenvalue weighted by molar-refractivity contribution is -0.338. The van der Waals surface area contributed by atoms with Crippen molar-refractivity contribution in [2.75, 3.05) is 20.3 Å². The number of allylic oxidation sites excluding steroid dienone is 13. The molecule has 5 aliphatic heterocycles. The molecule has 0 aromatic heterocycles. The van der Waals surface area contributed by atoms with Gasteiger partial charge in [-0.3, -0.25) is 19.3 Å². The lowest BCUT2D eigenvalue weighted by Crippen LogP contribution is -2.65. The van der Waals surface area contributed by atoms with Gasteiger partial charge in [0.1, 0.15) is 66.2 Å². The molecule has 0 radical (unpaired) electrons. The number of aliphatic hydroxyl groups is 6. The minimum Gasteiger partial charge on any atom is -0.507 e. The molecule has 5 aliphatic rings. The van der Waals surface area contributed by atoms with Gasteiger partial charge in [-0.1, -0.05) is 72.4 Å². The van der Waals surface area contributed by atoms with Gasteiger partial charge >= 0.3 is 0 Å². The van der Waals surface area contributed by atoms with E-state index in [0.717, 1.165) is 17.4 Å². The highest BCUT2D eigenvalue weighted by Crippen LogP contribution is 2.35. The first-order chi connectivity index (χ1) is 29.5. The Kier molecular flexibility index (Phi) is 18.2. The minimum absolute atomic E-state index is 0.0647. The standard InChI is InChI=1S/C42H54Cl2N2O16/c1-21-17-24(44)28(59-21)16-12-11-14-23(43)13-9-7-5-4-6-8-10-15-26(47)31-33(51)25(18-30(45)49)46(39(31)55)40-37(34(52)27(48)19-57-40)62-41-36(54)35(53)29(20-58-41)61-42-38(56-3)32(50)22(2)60-42/h4-16,21-22,24-25,27-29,32,34-38,40-42,47-48,50,52-54H,17-20H2,1-3H3,(H2,45,49)/b5-4+,8-6+,9-7+,14-11+,15-10+,16-12+,23-13-,31-26-/t21-,22-,24+,25+,27-,28+,29-,32-,34+,35-,36+,37-,38+,40-,41+,42+/m1/s1. The van der Waals surface area contributed by atoms with Crippen LogP contribution in [0.2, 0.25) is 0 Å². The van der Waals surface area contributed by atoms with Crippen molar-refractivity contribution in [3.8, 4) is 0 Å². The third kappa shape index (κ3) is 12.2. The fraction of sp³-hybridized carbons (Fsp3) is 0.548. The average molecular weight is 914 g/mol. The fourth-order valence-corrected chi connectivity index (χ4v) is 7.88. The first-order valence-electron chi connectivity index (χ1n) is 19.9. The number of ether oxygens (including phenoxy) is 7. The maximum atomic E-state index is 13.9. The van der Waals surface area contributed by atoms with Gasteiger partial charge in [0.2, 0.25) is 5.91 Å². The summed E-state index contributed by atoms with van der Waals surface area (Å²) < 4.78 is 39.5. The van der Waals surface area contributed by atoms with Crippen LogP contribution >= 0.6 is 23.2 Å². The monoisotopic (exact) mass is 912 g/mol. The smallest absolute Gasteiger partial charge is 0.264 e. The van der Waals surface area contributed by atoms with Crippen LogP contribution in [0.4, 0.5) is 0 Å². The van der Waals surface area contributed by atoms with Gasteiger partial charge in [-0.05, 0) is 38.5 Å². The molecular weight excluding hydrogens is 859 g/mol. The van der Waals surface area contributed by atoms with Crippen molar-refractivity contribution in [2.45, 2.75) is 124 Å². The normalized spacial score (nSPS) is 39.7. The van der Waals surface area contributed by atoms with Crippen LogP contribution in [0.5, 0.6) is 0 Å². The van der Waals surface area contributed by atoms with Gasteiger partial charge in [0, 0.05) is 12.1 Å². The predicted octanol–water partition coefficient (Wildman–Crippen LogP) is 0.746. The molecule has 0 spiro atoms. The van der Waals surface area contributed by atoms with E-state index in [2.05, 4.69) is 0 Å². The van der Waals surface area contributed by atoms with Crippen LogP contribution < -0.4 is 5.73 Å². The predicted molar refractivity (Wildman–Crippen MR) is 221 cm³/mol. The number of likely N-dealkylation sites (tertiary alicyclic amines) is 1. The topological polar surface area (TPSA) is 266 Å². The number of ketones is 1.